The summed E-state index contributed by atoms with van der Waals surface area (Å²) in [5.74, 6) is 1.65. The molecule has 1 N–H and O–H groups in total. The van der Waals surface area contributed by atoms with Crippen molar-refractivity contribution in [1.82, 2.24) is 4.98 Å². The number of carbonyl (C=O) groups excluding carboxylic acids is 1. The largest absolute Gasteiger partial charge is 0.484 e. The van der Waals surface area contributed by atoms with Crippen LogP contribution < -0.4 is 10.1 Å². The molecule has 0 fully saturated rings. The number of anilines is 1. The Balaban J connectivity index is 1.61. The van der Waals surface area contributed by atoms with E-state index in [1.807, 2.05) is 12.1 Å². The molecule has 0 saturated heterocycles. The molecule has 7 heteroatoms. The molecule has 0 atom stereocenters. The molecule has 0 unspecified atom stereocenters. The van der Waals surface area contributed by atoms with Crippen molar-refractivity contribution in [3.05, 3.63) is 65.6 Å². The molecule has 0 saturated carbocycles. The molecule has 2 aromatic carbocycles. The number of carbonyl (C=O) groups is 1. The van der Waals surface area contributed by atoms with E-state index in [0.717, 1.165) is 5.56 Å². The number of nitrogens with zero attached hydrogens (tertiary/aromatic N) is 1. The Labute approximate surface area is 155 Å². The molecule has 3 aromatic rings. The second kappa shape index (κ2) is 8.40. The maximum absolute atomic E-state index is 11.5. The van der Waals surface area contributed by atoms with Crippen molar-refractivity contribution in [2.75, 3.05) is 11.9 Å². The second-order valence-corrected chi connectivity index (χ2v) is 5.72. The van der Waals surface area contributed by atoms with Crippen molar-refractivity contribution in [2.45, 2.75) is 13.5 Å². The molecule has 0 spiro atoms. The van der Waals surface area contributed by atoms with E-state index in [2.05, 4.69) is 10.3 Å². The van der Waals surface area contributed by atoms with Gasteiger partial charge in [-0.05, 0) is 43.3 Å². The monoisotopic (exact) mass is 372 g/mol. The van der Waals surface area contributed by atoms with E-state index < -0.39 is 6.09 Å². The number of nitrogens with one attached hydrogen (secondary N) is 1. The number of benzene rings is 2. The van der Waals surface area contributed by atoms with Gasteiger partial charge in [0.1, 0.15) is 5.75 Å². The highest BCUT2D eigenvalue weighted by Crippen LogP contribution is 2.23. The Hall–Kier alpha value is -2.99. The average Bonchev–Trinajstić information content (AvgIpc) is 3.10. The van der Waals surface area contributed by atoms with Gasteiger partial charge in [-0.15, -0.1) is 0 Å². The number of oxazole rings is 1. The highest BCUT2D eigenvalue weighted by atomic mass is 35.5. The number of hydrogen-bond acceptors (Lipinski definition) is 5. The van der Waals surface area contributed by atoms with Gasteiger partial charge in [-0.3, -0.25) is 5.32 Å². The molecule has 1 aromatic heterocycles. The van der Waals surface area contributed by atoms with Crippen LogP contribution in [0, 0.1) is 0 Å². The molecule has 0 radical (unpaired) electrons. The van der Waals surface area contributed by atoms with Gasteiger partial charge in [0.05, 0.1) is 12.8 Å². The summed E-state index contributed by atoms with van der Waals surface area (Å²) in [7, 11) is 0. The fourth-order valence-electron chi connectivity index (χ4n) is 2.22. The summed E-state index contributed by atoms with van der Waals surface area (Å²) in [4.78, 5) is 15.7. The third-order valence-electron chi connectivity index (χ3n) is 3.40. The van der Waals surface area contributed by atoms with Crippen LogP contribution in [0.1, 0.15) is 12.8 Å². The van der Waals surface area contributed by atoms with Crippen molar-refractivity contribution in [3.8, 4) is 17.1 Å². The van der Waals surface area contributed by atoms with Crippen molar-refractivity contribution in [2.24, 2.45) is 0 Å². The fourth-order valence-corrected chi connectivity index (χ4v) is 2.34. The summed E-state index contributed by atoms with van der Waals surface area (Å²) in [6.07, 6.45) is 1.13. The standard InChI is InChI=1S/C19H17ClN2O4/c1-2-24-19(23)22-15-4-3-5-16(10-15)25-12-18-21-11-17(26-18)13-6-8-14(20)9-7-13/h3-11H,2,12H2,1H3,(H,22,23). The molecule has 0 bridgehead atoms. The zero-order chi connectivity index (χ0) is 18.4. The van der Waals surface area contributed by atoms with Crippen molar-refractivity contribution < 1.29 is 18.7 Å². The van der Waals surface area contributed by atoms with E-state index in [-0.39, 0.29) is 6.61 Å². The summed E-state index contributed by atoms with van der Waals surface area (Å²) >= 11 is 5.88. The van der Waals surface area contributed by atoms with Crippen molar-refractivity contribution in [3.63, 3.8) is 0 Å². The number of ether oxygens (including phenoxy) is 2. The summed E-state index contributed by atoms with van der Waals surface area (Å²) in [6, 6.07) is 14.3. The van der Waals surface area contributed by atoms with Gasteiger partial charge in [0, 0.05) is 22.3 Å². The topological polar surface area (TPSA) is 73.6 Å². The van der Waals surface area contributed by atoms with Crippen LogP contribution in [0.4, 0.5) is 10.5 Å². The van der Waals surface area contributed by atoms with Crippen LogP contribution in [-0.4, -0.2) is 17.7 Å². The fraction of sp³-hybridized carbons (Fsp3) is 0.158. The molecule has 26 heavy (non-hydrogen) atoms. The minimum absolute atomic E-state index is 0.163. The molecule has 134 valence electrons. The lowest BCUT2D eigenvalue weighted by Crippen LogP contribution is -2.13. The zero-order valence-corrected chi connectivity index (χ0v) is 14.8. The van der Waals surface area contributed by atoms with Crippen LogP contribution in [0.25, 0.3) is 11.3 Å². The maximum Gasteiger partial charge on any atom is 0.411 e. The van der Waals surface area contributed by atoms with E-state index in [9.17, 15) is 4.79 Å². The summed E-state index contributed by atoms with van der Waals surface area (Å²) in [6.45, 7) is 2.21. The van der Waals surface area contributed by atoms with Crippen LogP contribution in [0.2, 0.25) is 5.02 Å². The smallest absolute Gasteiger partial charge is 0.411 e. The van der Waals surface area contributed by atoms with Gasteiger partial charge in [-0.2, -0.15) is 0 Å². The summed E-state index contributed by atoms with van der Waals surface area (Å²) in [5.41, 5.74) is 1.46. The maximum atomic E-state index is 11.5. The van der Waals surface area contributed by atoms with Crippen LogP contribution in [-0.2, 0) is 11.3 Å². The molecular formula is C19H17ClN2O4. The molecule has 1 heterocycles. The van der Waals surface area contributed by atoms with E-state index in [4.69, 9.17) is 25.5 Å². The lowest BCUT2D eigenvalue weighted by molar-refractivity contribution is 0.168. The van der Waals surface area contributed by atoms with E-state index in [1.165, 1.54) is 0 Å². The number of aromatic nitrogens is 1. The van der Waals surface area contributed by atoms with Crippen LogP contribution in [0.5, 0.6) is 5.75 Å². The highest BCUT2D eigenvalue weighted by molar-refractivity contribution is 6.30. The van der Waals surface area contributed by atoms with Crippen LogP contribution >= 0.6 is 11.6 Å². The Kier molecular flexibility index (Phi) is 5.76. The van der Waals surface area contributed by atoms with Gasteiger partial charge in [0.15, 0.2) is 12.4 Å². The third-order valence-corrected chi connectivity index (χ3v) is 3.65. The molecule has 1 amide bonds. The van der Waals surface area contributed by atoms with Crippen LogP contribution in [0.15, 0.2) is 59.1 Å². The number of rotatable bonds is 6. The number of halogens is 1. The normalized spacial score (nSPS) is 10.4. The summed E-state index contributed by atoms with van der Waals surface area (Å²) < 4.78 is 16.2. The number of amides is 1. The van der Waals surface area contributed by atoms with Gasteiger partial charge < -0.3 is 13.9 Å². The Morgan fingerprint density at radius 1 is 1.23 bits per heavy atom. The molecule has 6 nitrogen and oxygen atoms in total. The summed E-state index contributed by atoms with van der Waals surface area (Å²) in [5, 5.41) is 3.28. The van der Waals surface area contributed by atoms with Gasteiger partial charge >= 0.3 is 6.09 Å². The van der Waals surface area contributed by atoms with E-state index in [0.29, 0.717) is 34.7 Å². The Morgan fingerprint density at radius 3 is 2.81 bits per heavy atom. The van der Waals surface area contributed by atoms with E-state index in [1.54, 1.807) is 49.5 Å². The third kappa shape index (κ3) is 4.77. The molecular weight excluding hydrogens is 356 g/mol. The predicted octanol–water partition coefficient (Wildman–Crippen LogP) is 5.14. The second-order valence-electron chi connectivity index (χ2n) is 5.29. The van der Waals surface area contributed by atoms with Gasteiger partial charge in [0.2, 0.25) is 5.89 Å². The first-order valence-corrected chi connectivity index (χ1v) is 8.39. The predicted molar refractivity (Wildman–Crippen MR) is 98.4 cm³/mol. The minimum atomic E-state index is -0.509. The number of hydrogen-bond donors (Lipinski definition) is 1. The van der Waals surface area contributed by atoms with Gasteiger partial charge in [-0.1, -0.05) is 17.7 Å². The van der Waals surface area contributed by atoms with E-state index >= 15 is 0 Å². The lowest BCUT2D eigenvalue weighted by Gasteiger charge is -2.08. The highest BCUT2D eigenvalue weighted by Gasteiger charge is 2.08. The minimum Gasteiger partial charge on any atom is -0.484 e. The first-order chi connectivity index (χ1) is 12.6. The first kappa shape index (κ1) is 17.8. The Morgan fingerprint density at radius 2 is 2.04 bits per heavy atom. The zero-order valence-electron chi connectivity index (χ0n) is 14.1. The quantitative estimate of drug-likeness (QED) is 0.648. The average molecular weight is 373 g/mol. The molecule has 0 aliphatic heterocycles. The molecule has 0 aliphatic rings. The van der Waals surface area contributed by atoms with Crippen LogP contribution in [0.3, 0.4) is 0 Å². The Bertz CT molecular complexity index is 877. The first-order valence-electron chi connectivity index (χ1n) is 8.01. The SMILES string of the molecule is CCOC(=O)Nc1cccc(OCc2ncc(-c3ccc(Cl)cc3)o2)c1. The molecule has 0 aliphatic carbocycles. The van der Waals surface area contributed by atoms with Crippen molar-refractivity contribution in [1.29, 1.82) is 0 Å². The molecule has 3 rings (SSSR count). The van der Waals surface area contributed by atoms with Crippen molar-refractivity contribution >= 4 is 23.4 Å². The van der Waals surface area contributed by atoms with Gasteiger partial charge in [0.25, 0.3) is 0 Å². The lowest BCUT2D eigenvalue weighted by atomic mass is 10.2. The van der Waals surface area contributed by atoms with Gasteiger partial charge in [-0.25, -0.2) is 9.78 Å².